The minimum Gasteiger partial charge on any atom is -0.496 e. The van der Waals surface area contributed by atoms with Crippen molar-refractivity contribution in [2.24, 2.45) is 0 Å². The van der Waals surface area contributed by atoms with Gasteiger partial charge in [0.05, 0.1) is 12.0 Å². The van der Waals surface area contributed by atoms with Crippen molar-refractivity contribution in [2.45, 2.75) is 4.90 Å². The summed E-state index contributed by atoms with van der Waals surface area (Å²) >= 11 is 0. The summed E-state index contributed by atoms with van der Waals surface area (Å²) in [7, 11) is -2.59. The molecule has 0 saturated carbocycles. The van der Waals surface area contributed by atoms with Crippen molar-refractivity contribution < 1.29 is 33.0 Å². The molecule has 8 nitrogen and oxygen atoms in total. The van der Waals surface area contributed by atoms with Crippen molar-refractivity contribution in [3.05, 3.63) is 65.7 Å². The lowest BCUT2D eigenvalue weighted by atomic mass is 10.2. The predicted octanol–water partition coefficient (Wildman–Crippen LogP) is 2.69. The number of sulfonamides is 1. The Labute approximate surface area is 161 Å². The number of carboxylic acids is 2. The van der Waals surface area contributed by atoms with Crippen LogP contribution in [0.25, 0.3) is 12.2 Å². The average molecular weight is 403 g/mol. The third-order valence-corrected chi connectivity index (χ3v) is 4.85. The number of ether oxygens (including phenoxy) is 1. The van der Waals surface area contributed by atoms with E-state index in [4.69, 9.17) is 14.9 Å². The Kier molecular flexibility index (Phi) is 6.56. The summed E-state index contributed by atoms with van der Waals surface area (Å²) < 4.78 is 32.8. The van der Waals surface area contributed by atoms with Gasteiger partial charge in [0, 0.05) is 23.4 Å². The Balaban J connectivity index is 2.35. The maximum atomic E-state index is 12.7. The minimum atomic E-state index is -3.97. The molecular formula is C19H17NO7S. The van der Waals surface area contributed by atoms with Gasteiger partial charge in [-0.1, -0.05) is 12.1 Å². The molecule has 28 heavy (non-hydrogen) atoms. The van der Waals surface area contributed by atoms with E-state index in [1.165, 1.54) is 49.6 Å². The van der Waals surface area contributed by atoms with Gasteiger partial charge in [-0.3, -0.25) is 4.72 Å². The van der Waals surface area contributed by atoms with E-state index >= 15 is 0 Å². The summed E-state index contributed by atoms with van der Waals surface area (Å²) in [6, 6.07) is 10.2. The molecular weight excluding hydrogens is 386 g/mol. The molecule has 0 aromatic heterocycles. The Hall–Kier alpha value is -3.59. The summed E-state index contributed by atoms with van der Waals surface area (Å²) in [4.78, 5) is 21.2. The molecule has 9 heteroatoms. The molecule has 0 aliphatic rings. The zero-order valence-electron chi connectivity index (χ0n) is 14.7. The number of aliphatic carboxylic acids is 2. The van der Waals surface area contributed by atoms with Gasteiger partial charge in [-0.25, -0.2) is 18.0 Å². The lowest BCUT2D eigenvalue weighted by Crippen LogP contribution is -2.13. The molecule has 0 saturated heterocycles. The second-order valence-electron chi connectivity index (χ2n) is 5.48. The lowest BCUT2D eigenvalue weighted by Gasteiger charge is -2.11. The Morgan fingerprint density at radius 3 is 2.32 bits per heavy atom. The van der Waals surface area contributed by atoms with Crippen LogP contribution in [-0.4, -0.2) is 37.7 Å². The molecule has 2 rings (SSSR count). The number of methoxy groups -OCH3 is 1. The van der Waals surface area contributed by atoms with Gasteiger partial charge in [0.25, 0.3) is 10.0 Å². The fourth-order valence-electron chi connectivity index (χ4n) is 2.26. The molecule has 0 radical (unpaired) electrons. The van der Waals surface area contributed by atoms with E-state index in [9.17, 15) is 18.0 Å². The Bertz CT molecular complexity index is 1060. The molecule has 0 bridgehead atoms. The van der Waals surface area contributed by atoms with E-state index < -0.39 is 22.0 Å². The van der Waals surface area contributed by atoms with E-state index in [2.05, 4.69) is 4.72 Å². The number of hydrogen-bond acceptors (Lipinski definition) is 5. The normalized spacial score (nSPS) is 11.6. The molecule has 0 spiro atoms. The van der Waals surface area contributed by atoms with Crippen LogP contribution in [0.1, 0.15) is 11.1 Å². The van der Waals surface area contributed by atoms with Crippen LogP contribution in [0.5, 0.6) is 5.75 Å². The number of hydrogen-bond donors (Lipinski definition) is 3. The summed E-state index contributed by atoms with van der Waals surface area (Å²) in [5.41, 5.74) is 1.03. The molecule has 0 heterocycles. The second kappa shape index (κ2) is 8.87. The fraction of sp³-hybridized carbons (Fsp3) is 0.0526. The van der Waals surface area contributed by atoms with Crippen LogP contribution in [0.15, 0.2) is 59.5 Å². The highest BCUT2D eigenvalue weighted by atomic mass is 32.2. The fourth-order valence-corrected chi connectivity index (χ4v) is 3.34. The van der Waals surface area contributed by atoms with Crippen molar-refractivity contribution in [2.75, 3.05) is 11.8 Å². The highest BCUT2D eigenvalue weighted by Gasteiger charge is 2.16. The molecule has 0 fully saturated rings. The van der Waals surface area contributed by atoms with Gasteiger partial charge in [0.15, 0.2) is 0 Å². The standard InChI is InChI=1S/C19H17NO7S/c1-27-17-8-7-16(12-14(17)6-10-19(23)24)28(25,26)20-15-4-2-3-13(11-15)5-9-18(21)22/h2-12,20H,1H3,(H,21,22)(H,23,24). The van der Waals surface area contributed by atoms with E-state index in [0.717, 1.165) is 12.2 Å². The van der Waals surface area contributed by atoms with Gasteiger partial charge < -0.3 is 14.9 Å². The zero-order chi connectivity index (χ0) is 20.7. The second-order valence-corrected chi connectivity index (χ2v) is 7.16. The molecule has 2 aromatic carbocycles. The van der Waals surface area contributed by atoms with Crippen LogP contribution >= 0.6 is 0 Å². The maximum absolute atomic E-state index is 12.7. The van der Waals surface area contributed by atoms with Crippen molar-refractivity contribution in [3.8, 4) is 5.75 Å². The smallest absolute Gasteiger partial charge is 0.328 e. The summed E-state index contributed by atoms with van der Waals surface area (Å²) in [5.74, 6) is -1.98. The number of rotatable bonds is 8. The summed E-state index contributed by atoms with van der Waals surface area (Å²) in [6.45, 7) is 0. The number of carboxylic acid groups (broad SMARTS) is 2. The molecule has 0 amide bonds. The first-order valence-electron chi connectivity index (χ1n) is 7.84. The van der Waals surface area contributed by atoms with Gasteiger partial charge in [-0.2, -0.15) is 0 Å². The van der Waals surface area contributed by atoms with Crippen LogP contribution in [-0.2, 0) is 19.6 Å². The van der Waals surface area contributed by atoms with E-state index in [-0.39, 0.29) is 16.1 Å². The van der Waals surface area contributed by atoms with Crippen LogP contribution in [0.2, 0.25) is 0 Å². The van der Waals surface area contributed by atoms with Gasteiger partial charge in [0.2, 0.25) is 0 Å². The van der Waals surface area contributed by atoms with Crippen LogP contribution in [0.3, 0.4) is 0 Å². The highest BCUT2D eigenvalue weighted by Crippen LogP contribution is 2.25. The summed E-state index contributed by atoms with van der Waals surface area (Å²) in [5, 5.41) is 17.4. The van der Waals surface area contributed by atoms with Crippen molar-refractivity contribution in [1.29, 1.82) is 0 Å². The minimum absolute atomic E-state index is 0.0928. The number of benzene rings is 2. The monoisotopic (exact) mass is 403 g/mol. The van der Waals surface area contributed by atoms with Crippen molar-refractivity contribution >= 4 is 39.8 Å². The van der Waals surface area contributed by atoms with E-state index in [1.54, 1.807) is 12.1 Å². The largest absolute Gasteiger partial charge is 0.496 e. The number of nitrogens with one attached hydrogen (secondary N) is 1. The topological polar surface area (TPSA) is 130 Å². The third kappa shape index (κ3) is 5.71. The van der Waals surface area contributed by atoms with Gasteiger partial charge in [-0.15, -0.1) is 0 Å². The predicted molar refractivity (Wildman–Crippen MR) is 104 cm³/mol. The molecule has 2 aromatic rings. The molecule has 0 atom stereocenters. The molecule has 0 aliphatic heterocycles. The molecule has 3 N–H and O–H groups in total. The quantitative estimate of drug-likeness (QED) is 0.578. The Morgan fingerprint density at radius 1 is 1.00 bits per heavy atom. The number of carbonyl (C=O) groups is 2. The molecule has 0 unspecified atom stereocenters. The van der Waals surface area contributed by atoms with Gasteiger partial charge in [-0.05, 0) is 48.0 Å². The van der Waals surface area contributed by atoms with Crippen LogP contribution < -0.4 is 9.46 Å². The average Bonchev–Trinajstić information content (AvgIpc) is 2.64. The first kappa shape index (κ1) is 20.7. The molecule has 0 aliphatic carbocycles. The van der Waals surface area contributed by atoms with Gasteiger partial charge in [0.1, 0.15) is 5.75 Å². The zero-order valence-corrected chi connectivity index (χ0v) is 15.5. The first-order chi connectivity index (χ1) is 13.2. The Morgan fingerprint density at radius 2 is 1.68 bits per heavy atom. The highest BCUT2D eigenvalue weighted by molar-refractivity contribution is 7.92. The number of anilines is 1. The van der Waals surface area contributed by atoms with Crippen molar-refractivity contribution in [3.63, 3.8) is 0 Å². The molecule has 146 valence electrons. The lowest BCUT2D eigenvalue weighted by molar-refractivity contribution is -0.132. The summed E-state index contributed by atoms with van der Waals surface area (Å²) in [6.07, 6.45) is 4.39. The van der Waals surface area contributed by atoms with Crippen LogP contribution in [0.4, 0.5) is 5.69 Å². The maximum Gasteiger partial charge on any atom is 0.328 e. The van der Waals surface area contributed by atoms with Crippen molar-refractivity contribution in [1.82, 2.24) is 0 Å². The van der Waals surface area contributed by atoms with E-state index in [0.29, 0.717) is 11.3 Å². The third-order valence-electron chi connectivity index (χ3n) is 3.47. The SMILES string of the molecule is COc1ccc(S(=O)(=O)Nc2cccc(C=CC(=O)O)c2)cc1C=CC(=O)O. The first-order valence-corrected chi connectivity index (χ1v) is 9.32. The van der Waals surface area contributed by atoms with Gasteiger partial charge >= 0.3 is 11.9 Å². The van der Waals surface area contributed by atoms with E-state index in [1.807, 2.05) is 0 Å². The van der Waals surface area contributed by atoms with Crippen LogP contribution in [0, 0.1) is 0 Å².